The molecule has 2 unspecified atom stereocenters. The van der Waals surface area contributed by atoms with Crippen LogP contribution in [0.25, 0.3) is 0 Å². The third-order valence-corrected chi connectivity index (χ3v) is 10.6. The van der Waals surface area contributed by atoms with Crippen molar-refractivity contribution in [3.63, 3.8) is 0 Å². The average Bonchev–Trinajstić information content (AvgIpc) is 3.82. The van der Waals surface area contributed by atoms with Crippen molar-refractivity contribution in [3.8, 4) is 0 Å². The maximum absolute atomic E-state index is 12.8. The normalized spacial score (nSPS) is 17.4. The van der Waals surface area contributed by atoms with E-state index < -0.39 is 0 Å². The Bertz CT molecular complexity index is 843. The third-order valence-electron chi connectivity index (χ3n) is 10.6. The highest BCUT2D eigenvalue weighted by Crippen LogP contribution is 2.21. The second-order valence-electron chi connectivity index (χ2n) is 15.0. The Hall–Kier alpha value is -2.16. The number of carbonyl (C=O) groups excluding carboxylic acids is 4. The van der Waals surface area contributed by atoms with Crippen LogP contribution in [0, 0.1) is 0 Å². The van der Waals surface area contributed by atoms with Crippen LogP contribution in [0.4, 0.5) is 0 Å². The van der Waals surface area contributed by atoms with Gasteiger partial charge in [0.25, 0.3) is 0 Å². The molecule has 9 nitrogen and oxygen atoms in total. The molecule has 9 heteroatoms. The highest BCUT2D eigenvalue weighted by molar-refractivity contribution is 5.88. The van der Waals surface area contributed by atoms with E-state index in [1.807, 2.05) is 9.80 Å². The van der Waals surface area contributed by atoms with Crippen molar-refractivity contribution < 1.29 is 19.2 Å². The Morgan fingerprint density at radius 1 is 0.460 bits per heavy atom. The fraction of sp³-hybridized carbons (Fsp3) is 0.902. The molecule has 0 aliphatic carbocycles. The predicted molar refractivity (Wildman–Crippen MR) is 206 cm³/mol. The first-order valence-corrected chi connectivity index (χ1v) is 21.3. The second-order valence-corrected chi connectivity index (χ2v) is 15.0. The zero-order valence-corrected chi connectivity index (χ0v) is 32.5. The Labute approximate surface area is 306 Å². The van der Waals surface area contributed by atoms with E-state index in [0.29, 0.717) is 39.0 Å². The zero-order valence-electron chi connectivity index (χ0n) is 32.5. The molecule has 0 saturated carbocycles. The molecule has 0 aromatic rings. The predicted octanol–water partition coefficient (Wildman–Crippen LogP) is 7.80. The number of rotatable bonds is 31. The van der Waals surface area contributed by atoms with Gasteiger partial charge in [-0.1, -0.05) is 117 Å². The summed E-state index contributed by atoms with van der Waals surface area (Å²) >= 11 is 0. The molecule has 2 saturated heterocycles. The first-order chi connectivity index (χ1) is 24.5. The molecule has 2 atom stereocenters. The molecule has 290 valence electrons. The molecule has 2 fully saturated rings. The lowest BCUT2D eigenvalue weighted by Crippen LogP contribution is -2.46. The fourth-order valence-electron chi connectivity index (χ4n) is 7.51. The first kappa shape index (κ1) is 44.0. The number of hydrogen-bond donors (Lipinski definition) is 3. The highest BCUT2D eigenvalue weighted by Gasteiger charge is 2.34. The molecular weight excluding hydrogens is 626 g/mol. The van der Waals surface area contributed by atoms with Crippen molar-refractivity contribution in [2.75, 3.05) is 39.3 Å². The van der Waals surface area contributed by atoms with Gasteiger partial charge in [0, 0.05) is 39.0 Å². The van der Waals surface area contributed by atoms with E-state index in [-0.39, 0.29) is 35.7 Å². The minimum atomic E-state index is -0.307. The molecule has 0 radical (unpaired) electrons. The zero-order chi connectivity index (χ0) is 36.1. The SMILES string of the molecule is CCCCCCCCCCCC(=O)N1CCCC1C(=O)NCCCCNCCCNC(=O)C1CCCN1C(=O)CCCCCCCCCCC. The van der Waals surface area contributed by atoms with Gasteiger partial charge in [-0.2, -0.15) is 0 Å². The van der Waals surface area contributed by atoms with Gasteiger partial charge in [0.05, 0.1) is 0 Å². The van der Waals surface area contributed by atoms with E-state index in [1.165, 1.54) is 89.9 Å². The maximum atomic E-state index is 12.8. The van der Waals surface area contributed by atoms with Gasteiger partial charge in [0.1, 0.15) is 12.1 Å². The minimum Gasteiger partial charge on any atom is -0.354 e. The molecule has 0 aromatic heterocycles. The standard InChI is InChI=1S/C41H77N5O4/c1-3-5-7-9-11-13-15-17-19-28-38(47)45-34-23-26-36(45)40(49)43-32-22-21-30-42-31-25-33-44-41(50)37-27-24-35-46(37)39(48)29-20-18-16-14-12-10-8-6-4-2/h36-37,42H,3-35H2,1-2H3,(H,43,49)(H,44,50). The molecule has 0 aromatic carbocycles. The Morgan fingerprint density at radius 2 is 0.820 bits per heavy atom. The summed E-state index contributed by atoms with van der Waals surface area (Å²) in [5, 5.41) is 9.55. The summed E-state index contributed by atoms with van der Waals surface area (Å²) in [6.07, 6.45) is 29.4. The van der Waals surface area contributed by atoms with Crippen molar-refractivity contribution in [2.45, 2.75) is 199 Å². The number of nitrogens with zero attached hydrogens (tertiary/aromatic N) is 2. The van der Waals surface area contributed by atoms with Crippen LogP contribution in [0.2, 0.25) is 0 Å². The number of hydrogen-bond acceptors (Lipinski definition) is 5. The van der Waals surface area contributed by atoms with E-state index >= 15 is 0 Å². The van der Waals surface area contributed by atoms with Crippen LogP contribution in [0.3, 0.4) is 0 Å². The monoisotopic (exact) mass is 704 g/mol. The van der Waals surface area contributed by atoms with Crippen LogP contribution in [-0.4, -0.2) is 84.8 Å². The molecular formula is C41H77N5O4. The summed E-state index contributed by atoms with van der Waals surface area (Å²) < 4.78 is 0. The van der Waals surface area contributed by atoms with Gasteiger partial charge in [0.15, 0.2) is 0 Å². The van der Waals surface area contributed by atoms with Crippen LogP contribution in [0.5, 0.6) is 0 Å². The number of nitrogens with one attached hydrogen (secondary N) is 3. The molecule has 50 heavy (non-hydrogen) atoms. The van der Waals surface area contributed by atoms with Crippen molar-refractivity contribution in [3.05, 3.63) is 0 Å². The van der Waals surface area contributed by atoms with Crippen LogP contribution < -0.4 is 16.0 Å². The molecule has 3 N–H and O–H groups in total. The lowest BCUT2D eigenvalue weighted by atomic mass is 10.1. The molecule has 0 bridgehead atoms. The summed E-state index contributed by atoms with van der Waals surface area (Å²) in [6, 6.07) is -0.609. The topological polar surface area (TPSA) is 111 Å². The summed E-state index contributed by atoms with van der Waals surface area (Å²) in [4.78, 5) is 55.0. The summed E-state index contributed by atoms with van der Waals surface area (Å²) in [7, 11) is 0. The van der Waals surface area contributed by atoms with E-state index in [1.54, 1.807) is 0 Å². The van der Waals surface area contributed by atoms with Crippen LogP contribution >= 0.6 is 0 Å². The molecule has 2 rings (SSSR count). The first-order valence-electron chi connectivity index (χ1n) is 21.3. The molecule has 4 amide bonds. The summed E-state index contributed by atoms with van der Waals surface area (Å²) in [5.74, 6) is 0.272. The Kier molecular flexibility index (Phi) is 25.9. The quantitative estimate of drug-likeness (QED) is 0.0639. The number of amides is 4. The lowest BCUT2D eigenvalue weighted by molar-refractivity contribution is -0.138. The number of carbonyl (C=O) groups is 4. The Balaban J connectivity index is 1.44. The van der Waals surface area contributed by atoms with Gasteiger partial charge in [-0.15, -0.1) is 0 Å². The van der Waals surface area contributed by atoms with Crippen molar-refractivity contribution >= 4 is 23.6 Å². The number of likely N-dealkylation sites (tertiary alicyclic amines) is 2. The lowest BCUT2D eigenvalue weighted by Gasteiger charge is -2.24. The van der Waals surface area contributed by atoms with Crippen molar-refractivity contribution in [1.29, 1.82) is 0 Å². The molecule has 2 heterocycles. The van der Waals surface area contributed by atoms with Gasteiger partial charge in [-0.3, -0.25) is 19.2 Å². The van der Waals surface area contributed by atoms with Gasteiger partial charge in [-0.05, 0) is 70.9 Å². The number of unbranched alkanes of at least 4 members (excludes halogenated alkanes) is 17. The van der Waals surface area contributed by atoms with Crippen molar-refractivity contribution in [2.24, 2.45) is 0 Å². The molecule has 0 spiro atoms. The summed E-state index contributed by atoms with van der Waals surface area (Å²) in [6.45, 7) is 8.80. The summed E-state index contributed by atoms with van der Waals surface area (Å²) in [5.41, 5.74) is 0. The highest BCUT2D eigenvalue weighted by atomic mass is 16.2. The largest absolute Gasteiger partial charge is 0.354 e. The van der Waals surface area contributed by atoms with Gasteiger partial charge in [0.2, 0.25) is 23.6 Å². The van der Waals surface area contributed by atoms with Crippen LogP contribution in [0.1, 0.15) is 187 Å². The van der Waals surface area contributed by atoms with E-state index in [4.69, 9.17) is 0 Å². The third kappa shape index (κ3) is 19.4. The van der Waals surface area contributed by atoms with E-state index in [9.17, 15) is 19.2 Å². The maximum Gasteiger partial charge on any atom is 0.242 e. The van der Waals surface area contributed by atoms with Crippen LogP contribution in [-0.2, 0) is 19.2 Å². The molecule has 2 aliphatic rings. The van der Waals surface area contributed by atoms with Gasteiger partial charge < -0.3 is 25.8 Å². The van der Waals surface area contributed by atoms with Crippen molar-refractivity contribution in [1.82, 2.24) is 25.8 Å². The van der Waals surface area contributed by atoms with Crippen LogP contribution in [0.15, 0.2) is 0 Å². The van der Waals surface area contributed by atoms with E-state index in [0.717, 1.165) is 83.7 Å². The second kappa shape index (κ2) is 29.4. The fourth-order valence-corrected chi connectivity index (χ4v) is 7.51. The van der Waals surface area contributed by atoms with E-state index in [2.05, 4.69) is 29.8 Å². The molecule has 2 aliphatic heterocycles. The van der Waals surface area contributed by atoms with Gasteiger partial charge >= 0.3 is 0 Å². The Morgan fingerprint density at radius 3 is 1.26 bits per heavy atom. The minimum absolute atomic E-state index is 0.00217. The smallest absolute Gasteiger partial charge is 0.242 e. The average molecular weight is 704 g/mol. The van der Waals surface area contributed by atoms with Gasteiger partial charge in [-0.25, -0.2) is 0 Å².